The molecule has 5 N–H and O–H groups in total. The number of carbonyl (C=O) groups excluding carboxylic acids is 2. The zero-order valence-electron chi connectivity index (χ0n) is 9.53. The van der Waals surface area contributed by atoms with E-state index in [2.05, 4.69) is 10.1 Å². The lowest BCUT2D eigenvalue weighted by atomic mass is 10.1. The van der Waals surface area contributed by atoms with Crippen molar-refractivity contribution < 1.29 is 14.3 Å². The van der Waals surface area contributed by atoms with Gasteiger partial charge in [0, 0.05) is 11.3 Å². The van der Waals surface area contributed by atoms with E-state index in [1.165, 1.54) is 0 Å². The summed E-state index contributed by atoms with van der Waals surface area (Å²) in [7, 11) is 0. The van der Waals surface area contributed by atoms with Gasteiger partial charge in [0.2, 0.25) is 0 Å². The summed E-state index contributed by atoms with van der Waals surface area (Å²) in [6, 6.07) is 5.04. The highest BCUT2D eigenvalue weighted by Gasteiger charge is 2.06. The molecule has 0 bridgehead atoms. The van der Waals surface area contributed by atoms with Gasteiger partial charge in [0.1, 0.15) is 6.61 Å². The van der Waals surface area contributed by atoms with Crippen molar-refractivity contribution >= 4 is 17.7 Å². The van der Waals surface area contributed by atoms with Gasteiger partial charge in [-0.25, -0.2) is 4.79 Å². The number of nitrogens with one attached hydrogen (secondary N) is 1. The Morgan fingerprint density at radius 1 is 1.41 bits per heavy atom. The van der Waals surface area contributed by atoms with Crippen molar-refractivity contribution in [2.75, 3.05) is 18.9 Å². The average molecular weight is 237 g/mol. The summed E-state index contributed by atoms with van der Waals surface area (Å²) in [5.41, 5.74) is 12.4. The molecule has 0 fully saturated rings. The van der Waals surface area contributed by atoms with Crippen LogP contribution in [0.25, 0.3) is 0 Å². The second kappa shape index (κ2) is 5.74. The largest absolute Gasteiger partial charge is 0.448 e. The molecule has 0 radical (unpaired) electrons. The lowest BCUT2D eigenvalue weighted by molar-refractivity contribution is 0.0937. The Morgan fingerprint density at radius 2 is 2.12 bits per heavy atom. The van der Waals surface area contributed by atoms with E-state index >= 15 is 0 Å². The Morgan fingerprint density at radius 3 is 2.71 bits per heavy atom. The number of aryl methyl sites for hydroxylation is 1. The van der Waals surface area contributed by atoms with E-state index in [9.17, 15) is 9.59 Å². The normalized spacial score (nSPS) is 9.71. The first-order valence-corrected chi connectivity index (χ1v) is 5.07. The van der Waals surface area contributed by atoms with Gasteiger partial charge in [0.25, 0.3) is 5.91 Å². The molecule has 2 amide bonds. The first-order chi connectivity index (χ1) is 8.00. The fourth-order valence-corrected chi connectivity index (χ4v) is 1.20. The minimum Gasteiger partial charge on any atom is -0.448 e. The molecule has 0 aliphatic carbocycles. The van der Waals surface area contributed by atoms with E-state index < -0.39 is 6.09 Å². The van der Waals surface area contributed by atoms with E-state index in [-0.39, 0.29) is 19.1 Å². The Kier molecular flexibility index (Phi) is 4.33. The predicted molar refractivity (Wildman–Crippen MR) is 63.5 cm³/mol. The quantitative estimate of drug-likeness (QED) is 0.520. The molecule has 1 rings (SSSR count). The molecule has 0 atom stereocenters. The zero-order valence-corrected chi connectivity index (χ0v) is 9.53. The van der Waals surface area contributed by atoms with Gasteiger partial charge in [-0.05, 0) is 24.6 Å². The molecule has 6 heteroatoms. The highest BCUT2D eigenvalue weighted by atomic mass is 16.5. The number of hydrogen-bond donors (Lipinski definition) is 3. The fourth-order valence-electron chi connectivity index (χ4n) is 1.20. The van der Waals surface area contributed by atoms with Crippen LogP contribution >= 0.6 is 0 Å². The molecule has 17 heavy (non-hydrogen) atoms. The van der Waals surface area contributed by atoms with Gasteiger partial charge >= 0.3 is 6.09 Å². The molecule has 1 aromatic carbocycles. The molecule has 0 heterocycles. The molecular weight excluding hydrogens is 222 g/mol. The van der Waals surface area contributed by atoms with E-state index in [0.717, 1.165) is 5.56 Å². The number of nitrogen functional groups attached to an aromatic ring is 1. The van der Waals surface area contributed by atoms with Crippen molar-refractivity contribution in [2.45, 2.75) is 6.92 Å². The minimum absolute atomic E-state index is 0.0441. The Bertz CT molecular complexity index is 432. The molecule has 0 saturated heterocycles. The van der Waals surface area contributed by atoms with Crippen LogP contribution in [0.3, 0.4) is 0 Å². The summed E-state index contributed by atoms with van der Waals surface area (Å²) in [4.78, 5) is 21.9. The second-order valence-electron chi connectivity index (χ2n) is 3.49. The number of amides is 2. The molecule has 1 aromatic rings. The number of carbonyl (C=O) groups is 2. The Labute approximate surface area is 98.9 Å². The molecular formula is C11H15N3O3. The van der Waals surface area contributed by atoms with Crippen LogP contribution in [0.4, 0.5) is 10.5 Å². The predicted octanol–water partition coefficient (Wildman–Crippen LogP) is 0.402. The summed E-state index contributed by atoms with van der Waals surface area (Å²) >= 11 is 0. The molecule has 0 spiro atoms. The Balaban J connectivity index is 2.47. The van der Waals surface area contributed by atoms with E-state index in [4.69, 9.17) is 11.5 Å². The minimum atomic E-state index is -0.862. The van der Waals surface area contributed by atoms with Crippen molar-refractivity contribution in [3.8, 4) is 0 Å². The maximum Gasteiger partial charge on any atom is 0.404 e. The van der Waals surface area contributed by atoms with Crippen LogP contribution in [0.15, 0.2) is 18.2 Å². The lowest BCUT2D eigenvalue weighted by Gasteiger charge is -2.07. The number of primary amides is 1. The topological polar surface area (TPSA) is 107 Å². The standard InChI is InChI=1S/C11H15N3O3/c1-7-2-3-8(6-9(7)12)10(15)14-4-5-17-11(13)16/h2-3,6H,4-5,12H2,1H3,(H2,13,16)(H,14,15). The summed E-state index contributed by atoms with van der Waals surface area (Å²) in [6.45, 7) is 2.11. The number of hydrogen-bond acceptors (Lipinski definition) is 4. The average Bonchev–Trinajstić information content (AvgIpc) is 2.27. The van der Waals surface area contributed by atoms with Crippen LogP contribution < -0.4 is 16.8 Å². The smallest absolute Gasteiger partial charge is 0.404 e. The van der Waals surface area contributed by atoms with Crippen molar-refractivity contribution in [2.24, 2.45) is 5.73 Å². The van der Waals surface area contributed by atoms with Crippen LogP contribution in [0, 0.1) is 6.92 Å². The van der Waals surface area contributed by atoms with Gasteiger partial charge in [0.15, 0.2) is 0 Å². The number of ether oxygens (including phenoxy) is 1. The van der Waals surface area contributed by atoms with Crippen molar-refractivity contribution in [3.63, 3.8) is 0 Å². The van der Waals surface area contributed by atoms with Gasteiger partial charge in [-0.1, -0.05) is 6.07 Å². The molecule has 0 unspecified atom stereocenters. The third-order valence-electron chi connectivity index (χ3n) is 2.17. The van der Waals surface area contributed by atoms with Gasteiger partial charge in [0.05, 0.1) is 6.54 Å². The first kappa shape index (κ1) is 12.8. The third kappa shape index (κ3) is 4.02. The highest BCUT2D eigenvalue weighted by molar-refractivity contribution is 5.95. The van der Waals surface area contributed by atoms with Crippen molar-refractivity contribution in [3.05, 3.63) is 29.3 Å². The molecule has 0 saturated carbocycles. The lowest BCUT2D eigenvalue weighted by Crippen LogP contribution is -2.29. The monoisotopic (exact) mass is 237 g/mol. The first-order valence-electron chi connectivity index (χ1n) is 5.07. The fraction of sp³-hybridized carbons (Fsp3) is 0.273. The number of anilines is 1. The van der Waals surface area contributed by atoms with Gasteiger partial charge in [-0.2, -0.15) is 0 Å². The summed E-state index contributed by atoms with van der Waals surface area (Å²) in [5.74, 6) is -0.273. The van der Waals surface area contributed by atoms with Gasteiger partial charge < -0.3 is 21.5 Å². The maximum atomic E-state index is 11.6. The van der Waals surface area contributed by atoms with E-state index in [0.29, 0.717) is 11.3 Å². The number of rotatable bonds is 4. The van der Waals surface area contributed by atoms with Crippen LogP contribution in [-0.2, 0) is 4.74 Å². The zero-order chi connectivity index (χ0) is 12.8. The van der Waals surface area contributed by atoms with Gasteiger partial charge in [-0.15, -0.1) is 0 Å². The van der Waals surface area contributed by atoms with Crippen LogP contribution in [0.2, 0.25) is 0 Å². The summed E-state index contributed by atoms with van der Waals surface area (Å²) in [6.07, 6.45) is -0.862. The van der Waals surface area contributed by atoms with Crippen molar-refractivity contribution in [1.82, 2.24) is 5.32 Å². The Hall–Kier alpha value is -2.24. The number of benzene rings is 1. The van der Waals surface area contributed by atoms with Crippen LogP contribution in [0.5, 0.6) is 0 Å². The van der Waals surface area contributed by atoms with Crippen molar-refractivity contribution in [1.29, 1.82) is 0 Å². The maximum absolute atomic E-state index is 11.6. The molecule has 0 aliphatic heterocycles. The molecule has 0 aliphatic rings. The SMILES string of the molecule is Cc1ccc(C(=O)NCCOC(N)=O)cc1N. The highest BCUT2D eigenvalue weighted by Crippen LogP contribution is 2.12. The number of nitrogens with two attached hydrogens (primary N) is 2. The van der Waals surface area contributed by atoms with Gasteiger partial charge in [-0.3, -0.25) is 4.79 Å². The molecule has 0 aromatic heterocycles. The third-order valence-corrected chi connectivity index (χ3v) is 2.17. The second-order valence-corrected chi connectivity index (χ2v) is 3.49. The summed E-state index contributed by atoms with van der Waals surface area (Å²) < 4.78 is 4.47. The van der Waals surface area contributed by atoms with Crippen LogP contribution in [-0.4, -0.2) is 25.2 Å². The van der Waals surface area contributed by atoms with Crippen LogP contribution in [0.1, 0.15) is 15.9 Å². The molecule has 92 valence electrons. The van der Waals surface area contributed by atoms with E-state index in [1.54, 1.807) is 18.2 Å². The summed E-state index contributed by atoms with van der Waals surface area (Å²) in [5, 5.41) is 2.57. The van der Waals surface area contributed by atoms with E-state index in [1.807, 2.05) is 6.92 Å². The molecule has 6 nitrogen and oxygen atoms in total.